The van der Waals surface area contributed by atoms with Crippen molar-refractivity contribution in [1.29, 1.82) is 0 Å². The zero-order chi connectivity index (χ0) is 9.68. The Morgan fingerprint density at radius 3 is 3.00 bits per heavy atom. The third-order valence-corrected chi connectivity index (χ3v) is 1.68. The maximum Gasteiger partial charge on any atom is 0.223 e. The first-order chi connectivity index (χ1) is 6.27. The lowest BCUT2D eigenvalue weighted by Crippen LogP contribution is -2.12. The molecule has 0 fully saturated rings. The molecule has 5 nitrogen and oxygen atoms in total. The van der Waals surface area contributed by atoms with Crippen LogP contribution in [-0.4, -0.2) is 30.7 Å². The number of ether oxygens (including phenoxy) is 1. The molecular formula is C8H14N4O. The predicted molar refractivity (Wildman–Crippen MR) is 50.6 cm³/mol. The lowest BCUT2D eigenvalue weighted by molar-refractivity contribution is 0.392. The average molecular weight is 182 g/mol. The van der Waals surface area contributed by atoms with Gasteiger partial charge in [-0.2, -0.15) is 4.98 Å². The van der Waals surface area contributed by atoms with Crippen LogP contribution < -0.4 is 15.8 Å². The summed E-state index contributed by atoms with van der Waals surface area (Å²) in [6.45, 7) is 0.865. The smallest absolute Gasteiger partial charge is 0.223 e. The normalized spacial score (nSPS) is 10.0. The monoisotopic (exact) mass is 182 g/mol. The highest BCUT2D eigenvalue weighted by Crippen LogP contribution is 2.14. The molecule has 0 saturated heterocycles. The van der Waals surface area contributed by atoms with Gasteiger partial charge in [0.25, 0.3) is 0 Å². The summed E-state index contributed by atoms with van der Waals surface area (Å²) in [5, 5.41) is 3.04. The molecule has 0 spiro atoms. The van der Waals surface area contributed by atoms with Gasteiger partial charge in [-0.3, -0.25) is 0 Å². The van der Waals surface area contributed by atoms with E-state index >= 15 is 0 Å². The summed E-state index contributed by atoms with van der Waals surface area (Å²) in [6.07, 6.45) is 2.53. The molecule has 1 heterocycles. The molecule has 13 heavy (non-hydrogen) atoms. The van der Waals surface area contributed by atoms with Gasteiger partial charge in [-0.05, 0) is 20.0 Å². The zero-order valence-electron chi connectivity index (χ0n) is 7.87. The maximum atomic E-state index is 5.41. The number of nitrogens with zero attached hydrogens (tertiary/aromatic N) is 2. The van der Waals surface area contributed by atoms with Crippen molar-refractivity contribution in [2.24, 2.45) is 0 Å². The van der Waals surface area contributed by atoms with E-state index in [0.717, 1.165) is 18.5 Å². The van der Waals surface area contributed by atoms with Crippen LogP contribution in [0.15, 0.2) is 6.20 Å². The number of nitrogens with two attached hydrogens (primary N) is 1. The summed E-state index contributed by atoms with van der Waals surface area (Å²) in [5.41, 5.74) is 6.38. The lowest BCUT2D eigenvalue weighted by Gasteiger charge is -2.06. The largest absolute Gasteiger partial charge is 0.481 e. The molecule has 0 radical (unpaired) electrons. The first kappa shape index (κ1) is 9.73. The minimum absolute atomic E-state index is 0.241. The number of nitrogen functional groups attached to an aromatic ring is 1. The Labute approximate surface area is 77.3 Å². The van der Waals surface area contributed by atoms with Crippen molar-refractivity contribution in [3.05, 3.63) is 11.8 Å². The Hall–Kier alpha value is -1.36. The van der Waals surface area contributed by atoms with Gasteiger partial charge in [0, 0.05) is 11.8 Å². The van der Waals surface area contributed by atoms with Crippen LogP contribution in [0.3, 0.4) is 0 Å². The van der Waals surface area contributed by atoms with Gasteiger partial charge >= 0.3 is 0 Å². The highest BCUT2D eigenvalue weighted by atomic mass is 16.5. The van der Waals surface area contributed by atoms with Gasteiger partial charge in [0.1, 0.15) is 0 Å². The van der Waals surface area contributed by atoms with Gasteiger partial charge in [0.15, 0.2) is 0 Å². The van der Waals surface area contributed by atoms with E-state index in [9.17, 15) is 0 Å². The van der Waals surface area contributed by atoms with Gasteiger partial charge in [-0.1, -0.05) is 0 Å². The van der Waals surface area contributed by atoms with Crippen molar-refractivity contribution >= 4 is 5.95 Å². The first-order valence-corrected chi connectivity index (χ1v) is 4.08. The molecule has 0 amide bonds. The van der Waals surface area contributed by atoms with Crippen LogP contribution in [0, 0.1) is 0 Å². The van der Waals surface area contributed by atoms with Crippen LogP contribution in [0.1, 0.15) is 5.56 Å². The molecule has 1 aromatic rings. The van der Waals surface area contributed by atoms with E-state index in [1.54, 1.807) is 13.3 Å². The minimum atomic E-state index is 0.241. The number of nitrogens with one attached hydrogen (secondary N) is 1. The Balaban J connectivity index is 2.79. The van der Waals surface area contributed by atoms with E-state index in [2.05, 4.69) is 15.3 Å². The fourth-order valence-corrected chi connectivity index (χ4v) is 1.01. The van der Waals surface area contributed by atoms with E-state index in [1.165, 1.54) is 0 Å². The predicted octanol–water partition coefficient (Wildman–Crippen LogP) is -0.171. The van der Waals surface area contributed by atoms with Gasteiger partial charge in [-0.15, -0.1) is 0 Å². The van der Waals surface area contributed by atoms with Gasteiger partial charge < -0.3 is 15.8 Å². The average Bonchev–Trinajstić information content (AvgIpc) is 2.16. The van der Waals surface area contributed by atoms with E-state index in [0.29, 0.717) is 5.88 Å². The summed E-state index contributed by atoms with van der Waals surface area (Å²) in [4.78, 5) is 7.86. The summed E-state index contributed by atoms with van der Waals surface area (Å²) in [5.74, 6) is 0.799. The van der Waals surface area contributed by atoms with Crippen molar-refractivity contribution < 1.29 is 4.74 Å². The lowest BCUT2D eigenvalue weighted by atomic mass is 10.2. The first-order valence-electron chi connectivity index (χ1n) is 4.08. The second-order valence-corrected chi connectivity index (χ2v) is 2.62. The van der Waals surface area contributed by atoms with Crippen LogP contribution >= 0.6 is 0 Å². The summed E-state index contributed by atoms with van der Waals surface area (Å²) >= 11 is 0. The number of rotatable bonds is 4. The number of anilines is 1. The molecule has 1 aromatic heterocycles. The van der Waals surface area contributed by atoms with E-state index in [-0.39, 0.29) is 5.95 Å². The second kappa shape index (κ2) is 4.61. The van der Waals surface area contributed by atoms with Crippen LogP contribution in [0.4, 0.5) is 5.95 Å². The molecular weight excluding hydrogens is 168 g/mol. The topological polar surface area (TPSA) is 73.1 Å². The van der Waals surface area contributed by atoms with Crippen molar-refractivity contribution in [1.82, 2.24) is 15.3 Å². The maximum absolute atomic E-state index is 5.41. The highest BCUT2D eigenvalue weighted by Gasteiger charge is 2.04. The zero-order valence-corrected chi connectivity index (χ0v) is 7.87. The van der Waals surface area contributed by atoms with Gasteiger partial charge in [0.05, 0.1) is 7.11 Å². The molecule has 0 saturated carbocycles. The van der Waals surface area contributed by atoms with E-state index < -0.39 is 0 Å². The van der Waals surface area contributed by atoms with Crippen molar-refractivity contribution in [3.8, 4) is 5.88 Å². The van der Waals surface area contributed by atoms with E-state index in [1.807, 2.05) is 7.05 Å². The fraction of sp³-hybridized carbons (Fsp3) is 0.500. The van der Waals surface area contributed by atoms with Crippen LogP contribution in [0.25, 0.3) is 0 Å². The molecule has 0 bridgehead atoms. The molecule has 72 valence electrons. The summed E-state index contributed by atoms with van der Waals surface area (Å²) < 4.78 is 5.06. The third kappa shape index (κ3) is 2.55. The molecule has 0 aliphatic rings. The molecule has 0 atom stereocenters. The minimum Gasteiger partial charge on any atom is -0.481 e. The quantitative estimate of drug-likeness (QED) is 0.676. The number of hydrogen-bond acceptors (Lipinski definition) is 5. The molecule has 0 aliphatic carbocycles. The van der Waals surface area contributed by atoms with Crippen molar-refractivity contribution in [2.45, 2.75) is 6.42 Å². The summed E-state index contributed by atoms with van der Waals surface area (Å²) in [7, 11) is 3.47. The number of aromatic nitrogens is 2. The van der Waals surface area contributed by atoms with Gasteiger partial charge in [-0.25, -0.2) is 4.98 Å². The van der Waals surface area contributed by atoms with Crippen molar-refractivity contribution in [3.63, 3.8) is 0 Å². The molecule has 0 aromatic carbocycles. The third-order valence-electron chi connectivity index (χ3n) is 1.68. The number of likely N-dealkylation sites (N-methyl/N-ethyl adjacent to an activating group) is 1. The summed E-state index contributed by atoms with van der Waals surface area (Å²) in [6, 6.07) is 0. The standard InChI is InChI=1S/C8H14N4O/c1-10-4-3-6-5-11-8(9)12-7(6)13-2/h5,10H,3-4H2,1-2H3,(H2,9,11,12). The molecule has 0 unspecified atom stereocenters. The van der Waals surface area contributed by atoms with E-state index in [4.69, 9.17) is 10.5 Å². The van der Waals surface area contributed by atoms with Crippen LogP contribution in [0.2, 0.25) is 0 Å². The Bertz CT molecular complexity index is 277. The molecule has 3 N–H and O–H groups in total. The Morgan fingerprint density at radius 2 is 2.38 bits per heavy atom. The van der Waals surface area contributed by atoms with Crippen LogP contribution in [0.5, 0.6) is 5.88 Å². The molecule has 1 rings (SSSR count). The highest BCUT2D eigenvalue weighted by molar-refractivity contribution is 5.30. The second-order valence-electron chi connectivity index (χ2n) is 2.62. The molecule has 0 aliphatic heterocycles. The van der Waals surface area contributed by atoms with Crippen molar-refractivity contribution in [2.75, 3.05) is 26.4 Å². The van der Waals surface area contributed by atoms with Crippen LogP contribution in [-0.2, 0) is 6.42 Å². The van der Waals surface area contributed by atoms with Gasteiger partial charge in [0.2, 0.25) is 11.8 Å². The Morgan fingerprint density at radius 1 is 1.62 bits per heavy atom. The Kier molecular flexibility index (Phi) is 3.45. The molecule has 5 heteroatoms. The number of hydrogen-bond donors (Lipinski definition) is 2. The fourth-order valence-electron chi connectivity index (χ4n) is 1.01. The number of methoxy groups -OCH3 is 1. The SMILES string of the molecule is CNCCc1cnc(N)nc1OC.